The standard InChI is InChI=1S/C23H22N4O2/c1-16-10-11-20(13-17(16)2)23(19-8-4-3-5-9-19)21(28)27(22(29)26-23)15-18(14-25)7-6-12-24/h3-5,8-11,13,18H,6-7,15H2,1-2H3,(H,26,29)/t18-,23+/m0/s1. The van der Waals surface area contributed by atoms with Crippen molar-refractivity contribution >= 4 is 11.9 Å². The van der Waals surface area contributed by atoms with E-state index in [0.717, 1.165) is 16.0 Å². The van der Waals surface area contributed by atoms with Crippen LogP contribution in [0.25, 0.3) is 0 Å². The maximum absolute atomic E-state index is 13.6. The van der Waals surface area contributed by atoms with Crippen molar-refractivity contribution in [2.45, 2.75) is 32.2 Å². The van der Waals surface area contributed by atoms with E-state index < -0.39 is 23.4 Å². The number of amides is 3. The normalized spacial score (nSPS) is 19.4. The van der Waals surface area contributed by atoms with Gasteiger partial charge in [-0.25, -0.2) is 4.79 Å². The van der Waals surface area contributed by atoms with Crippen LogP contribution in [-0.4, -0.2) is 23.4 Å². The average molecular weight is 386 g/mol. The summed E-state index contributed by atoms with van der Waals surface area (Å²) in [6, 6.07) is 18.4. The summed E-state index contributed by atoms with van der Waals surface area (Å²) in [4.78, 5) is 27.6. The summed E-state index contributed by atoms with van der Waals surface area (Å²) >= 11 is 0. The van der Waals surface area contributed by atoms with Crippen molar-refractivity contribution in [1.82, 2.24) is 10.2 Å². The first-order valence-electron chi connectivity index (χ1n) is 9.48. The quantitative estimate of drug-likeness (QED) is 0.768. The Bertz CT molecular complexity index is 1020. The second-order valence-corrected chi connectivity index (χ2v) is 7.28. The minimum Gasteiger partial charge on any atom is -0.315 e. The van der Waals surface area contributed by atoms with Crippen molar-refractivity contribution in [3.63, 3.8) is 0 Å². The number of carbonyl (C=O) groups excluding carboxylic acids is 2. The molecule has 0 aliphatic carbocycles. The molecular weight excluding hydrogens is 364 g/mol. The lowest BCUT2D eigenvalue weighted by atomic mass is 9.81. The van der Waals surface area contributed by atoms with E-state index in [2.05, 4.69) is 11.4 Å². The van der Waals surface area contributed by atoms with Crippen molar-refractivity contribution < 1.29 is 9.59 Å². The Morgan fingerprint density at radius 3 is 2.38 bits per heavy atom. The number of rotatable bonds is 6. The number of nitriles is 2. The number of imide groups is 1. The number of carbonyl (C=O) groups is 2. The molecule has 1 aliphatic rings. The van der Waals surface area contributed by atoms with Crippen molar-refractivity contribution in [1.29, 1.82) is 10.5 Å². The van der Waals surface area contributed by atoms with Crippen molar-refractivity contribution in [2.24, 2.45) is 5.92 Å². The molecule has 3 amide bonds. The molecule has 1 aliphatic heterocycles. The molecule has 0 aromatic heterocycles. The molecule has 29 heavy (non-hydrogen) atoms. The van der Waals surface area contributed by atoms with Crippen molar-refractivity contribution in [3.05, 3.63) is 70.8 Å². The lowest BCUT2D eigenvalue weighted by Gasteiger charge is -2.29. The fourth-order valence-corrected chi connectivity index (χ4v) is 3.62. The monoisotopic (exact) mass is 386 g/mol. The second kappa shape index (κ2) is 8.16. The molecule has 0 unspecified atom stereocenters. The molecule has 1 fully saturated rings. The number of hydrogen-bond donors (Lipinski definition) is 1. The number of hydrogen-bond acceptors (Lipinski definition) is 4. The van der Waals surface area contributed by atoms with Crippen LogP contribution in [0.1, 0.15) is 35.1 Å². The molecule has 0 bridgehead atoms. The van der Waals surface area contributed by atoms with Crippen LogP contribution >= 0.6 is 0 Å². The fourth-order valence-electron chi connectivity index (χ4n) is 3.62. The van der Waals surface area contributed by atoms with Crippen LogP contribution in [0.3, 0.4) is 0 Å². The van der Waals surface area contributed by atoms with Gasteiger partial charge in [-0.1, -0.05) is 48.5 Å². The third-order valence-electron chi connectivity index (χ3n) is 5.44. The molecule has 1 heterocycles. The van der Waals surface area contributed by atoms with Crippen molar-refractivity contribution in [2.75, 3.05) is 6.54 Å². The van der Waals surface area contributed by atoms with Crippen LogP contribution < -0.4 is 5.32 Å². The highest BCUT2D eigenvalue weighted by Gasteiger charge is 2.54. The van der Waals surface area contributed by atoms with Gasteiger partial charge in [-0.05, 0) is 42.5 Å². The fraction of sp³-hybridized carbons (Fsp3) is 0.304. The first-order chi connectivity index (χ1) is 13.9. The van der Waals surface area contributed by atoms with Gasteiger partial charge < -0.3 is 5.32 Å². The largest absolute Gasteiger partial charge is 0.325 e. The van der Waals surface area contributed by atoms with Crippen LogP contribution in [0, 0.1) is 42.4 Å². The zero-order valence-electron chi connectivity index (χ0n) is 16.5. The highest BCUT2D eigenvalue weighted by atomic mass is 16.2. The van der Waals surface area contributed by atoms with Gasteiger partial charge in [0.2, 0.25) is 0 Å². The smallest absolute Gasteiger partial charge is 0.315 e. The Morgan fingerprint density at radius 1 is 1.03 bits per heavy atom. The summed E-state index contributed by atoms with van der Waals surface area (Å²) in [6.45, 7) is 3.91. The third kappa shape index (κ3) is 3.58. The van der Waals surface area contributed by atoms with Gasteiger partial charge in [0.05, 0.1) is 18.1 Å². The number of urea groups is 1. The average Bonchev–Trinajstić information content (AvgIpc) is 2.99. The van der Waals surface area contributed by atoms with Gasteiger partial charge in [0.15, 0.2) is 5.54 Å². The molecule has 0 spiro atoms. The van der Waals surface area contributed by atoms with E-state index in [-0.39, 0.29) is 13.0 Å². The predicted molar refractivity (Wildman–Crippen MR) is 107 cm³/mol. The molecule has 2 aromatic carbocycles. The van der Waals surface area contributed by atoms with Crippen LogP contribution in [0.5, 0.6) is 0 Å². The third-order valence-corrected chi connectivity index (χ3v) is 5.44. The van der Waals surface area contributed by atoms with E-state index in [9.17, 15) is 14.9 Å². The zero-order chi connectivity index (χ0) is 21.0. The van der Waals surface area contributed by atoms with Gasteiger partial charge >= 0.3 is 6.03 Å². The van der Waals surface area contributed by atoms with Crippen LogP contribution in [0.15, 0.2) is 48.5 Å². The highest BCUT2D eigenvalue weighted by molar-refractivity contribution is 6.09. The summed E-state index contributed by atoms with van der Waals surface area (Å²) in [7, 11) is 0. The van der Waals surface area contributed by atoms with E-state index in [0.29, 0.717) is 17.5 Å². The Balaban J connectivity index is 2.07. The van der Waals surface area contributed by atoms with Gasteiger partial charge in [-0.2, -0.15) is 10.5 Å². The summed E-state index contributed by atoms with van der Waals surface area (Å²) in [6.07, 6.45) is 0.509. The van der Waals surface area contributed by atoms with E-state index in [1.807, 2.05) is 68.4 Å². The maximum Gasteiger partial charge on any atom is 0.325 e. The number of aryl methyl sites for hydroxylation is 2. The molecule has 3 rings (SSSR count). The van der Waals surface area contributed by atoms with Crippen LogP contribution in [0.4, 0.5) is 4.79 Å². The minimum atomic E-state index is -1.34. The maximum atomic E-state index is 13.6. The zero-order valence-corrected chi connectivity index (χ0v) is 16.5. The van der Waals surface area contributed by atoms with E-state index in [4.69, 9.17) is 5.26 Å². The van der Waals surface area contributed by atoms with E-state index in [1.54, 1.807) is 0 Å². The Kier molecular flexibility index (Phi) is 5.66. The van der Waals surface area contributed by atoms with Gasteiger partial charge in [-0.3, -0.25) is 9.69 Å². The predicted octanol–water partition coefficient (Wildman–Crippen LogP) is 3.54. The topological polar surface area (TPSA) is 97.0 Å². The number of nitrogens with zero attached hydrogens (tertiary/aromatic N) is 3. The van der Waals surface area contributed by atoms with Gasteiger partial charge in [0, 0.05) is 13.0 Å². The SMILES string of the molecule is Cc1ccc([C@@]2(c3ccccc3)NC(=O)N(C[C@H](C#N)CCC#N)C2=O)cc1C. The van der Waals surface area contributed by atoms with Crippen LogP contribution in [-0.2, 0) is 10.3 Å². The lowest BCUT2D eigenvalue weighted by molar-refractivity contribution is -0.130. The molecule has 1 saturated heterocycles. The minimum absolute atomic E-state index is 0.0394. The van der Waals surface area contributed by atoms with E-state index >= 15 is 0 Å². The Labute approximate surface area is 170 Å². The molecule has 6 nitrogen and oxygen atoms in total. The molecule has 2 aromatic rings. The van der Waals surface area contributed by atoms with Gasteiger partial charge in [0.1, 0.15) is 0 Å². The molecule has 2 atom stereocenters. The number of nitrogens with one attached hydrogen (secondary N) is 1. The highest BCUT2D eigenvalue weighted by Crippen LogP contribution is 2.37. The Hall–Kier alpha value is -3.64. The summed E-state index contributed by atoms with van der Waals surface area (Å²) in [5.74, 6) is -0.996. The first kappa shape index (κ1) is 20.1. The van der Waals surface area contributed by atoms with Gasteiger partial charge in [-0.15, -0.1) is 0 Å². The number of benzene rings is 2. The molecule has 6 heteroatoms. The van der Waals surface area contributed by atoms with Gasteiger partial charge in [0.25, 0.3) is 5.91 Å². The molecule has 0 saturated carbocycles. The molecule has 1 N–H and O–H groups in total. The molecule has 0 radical (unpaired) electrons. The second-order valence-electron chi connectivity index (χ2n) is 7.28. The van der Waals surface area contributed by atoms with Crippen molar-refractivity contribution in [3.8, 4) is 12.1 Å². The molecule has 146 valence electrons. The summed E-state index contributed by atoms with van der Waals surface area (Å²) in [5, 5.41) is 21.1. The summed E-state index contributed by atoms with van der Waals surface area (Å²) in [5.41, 5.74) is 2.10. The Morgan fingerprint density at radius 2 is 1.76 bits per heavy atom. The molecular formula is C23H22N4O2. The first-order valence-corrected chi connectivity index (χ1v) is 9.48. The summed E-state index contributed by atoms with van der Waals surface area (Å²) < 4.78 is 0. The lowest BCUT2D eigenvalue weighted by Crippen LogP contribution is -2.45. The van der Waals surface area contributed by atoms with Crippen LogP contribution in [0.2, 0.25) is 0 Å². The van der Waals surface area contributed by atoms with E-state index in [1.165, 1.54) is 0 Å².